The van der Waals surface area contributed by atoms with Crippen molar-refractivity contribution in [3.05, 3.63) is 12.2 Å². The van der Waals surface area contributed by atoms with Gasteiger partial charge in [-0.3, -0.25) is 14.4 Å². The smallest absolute Gasteiger partial charge is 0.232 e. The van der Waals surface area contributed by atoms with Crippen molar-refractivity contribution >= 4 is 17.3 Å². The van der Waals surface area contributed by atoms with E-state index in [0.29, 0.717) is 6.42 Å². The molecule has 0 aromatic heterocycles. The van der Waals surface area contributed by atoms with E-state index in [4.69, 9.17) is 0 Å². The number of Topliss-reactive ketones (excluding diaryl/α,β-unsaturated/α-hetero) is 3. The van der Waals surface area contributed by atoms with Gasteiger partial charge in [0, 0.05) is 5.92 Å². The van der Waals surface area contributed by atoms with Crippen molar-refractivity contribution in [2.24, 2.45) is 40.4 Å². The molecule has 4 heteroatoms. The van der Waals surface area contributed by atoms with Crippen LogP contribution in [0.1, 0.15) is 47.0 Å². The van der Waals surface area contributed by atoms with Crippen molar-refractivity contribution < 1.29 is 19.5 Å². The minimum atomic E-state index is -1.83. The van der Waals surface area contributed by atoms with Crippen LogP contribution in [-0.4, -0.2) is 28.1 Å². The first-order valence-corrected chi connectivity index (χ1v) is 9.09. The molecule has 0 amide bonds. The van der Waals surface area contributed by atoms with E-state index in [1.807, 2.05) is 13.8 Å². The number of hydrogen-bond donors (Lipinski definition) is 1. The zero-order valence-electron chi connectivity index (χ0n) is 14.9. The standard InChI is InChI=1S/C20H26O4/c1-9(2)14-13-8-10(3)12-7-6-11(4)20(24)16(22)15(21)18(14,5)17(23)19(12,13)20/h10-14,24H,1,6-8H2,2-5H3/t10-,11-,12+,13-,14-,18+,19+,20+/m0/s1. The van der Waals surface area contributed by atoms with Crippen molar-refractivity contribution in [3.63, 3.8) is 0 Å². The zero-order chi connectivity index (χ0) is 17.8. The summed E-state index contributed by atoms with van der Waals surface area (Å²) in [5.41, 5.74) is -3.48. The van der Waals surface area contributed by atoms with E-state index in [0.717, 1.165) is 18.4 Å². The van der Waals surface area contributed by atoms with Crippen LogP contribution in [-0.2, 0) is 14.4 Å². The van der Waals surface area contributed by atoms with Gasteiger partial charge in [-0.1, -0.05) is 26.0 Å². The molecule has 0 heterocycles. The summed E-state index contributed by atoms with van der Waals surface area (Å²) in [6, 6.07) is 0. The Hall–Kier alpha value is -1.29. The molecular weight excluding hydrogens is 304 g/mol. The molecule has 8 atom stereocenters. The first kappa shape index (κ1) is 16.2. The second-order valence-electron chi connectivity index (χ2n) is 9.05. The quantitative estimate of drug-likeness (QED) is 0.455. The van der Waals surface area contributed by atoms with Gasteiger partial charge < -0.3 is 5.11 Å². The fourth-order valence-electron chi connectivity index (χ4n) is 7.38. The maximum atomic E-state index is 13.7. The number of carbonyl (C=O) groups is 3. The molecule has 4 rings (SSSR count). The van der Waals surface area contributed by atoms with Gasteiger partial charge >= 0.3 is 0 Å². The third-order valence-electron chi connectivity index (χ3n) is 8.16. The summed E-state index contributed by atoms with van der Waals surface area (Å²) < 4.78 is 0. The van der Waals surface area contributed by atoms with Crippen LogP contribution in [0.15, 0.2) is 12.2 Å². The molecule has 4 nitrogen and oxygen atoms in total. The van der Waals surface area contributed by atoms with E-state index in [1.54, 1.807) is 6.92 Å². The highest BCUT2D eigenvalue weighted by Gasteiger charge is 2.86. The Morgan fingerprint density at radius 2 is 1.75 bits per heavy atom. The van der Waals surface area contributed by atoms with E-state index < -0.39 is 28.0 Å². The van der Waals surface area contributed by atoms with Crippen LogP contribution >= 0.6 is 0 Å². The minimum absolute atomic E-state index is 0.0167. The summed E-state index contributed by atoms with van der Waals surface area (Å²) in [4.78, 5) is 39.8. The van der Waals surface area contributed by atoms with Crippen LogP contribution in [0.2, 0.25) is 0 Å². The first-order valence-electron chi connectivity index (χ1n) is 9.09. The molecule has 130 valence electrons. The van der Waals surface area contributed by atoms with Gasteiger partial charge in [0.1, 0.15) is 5.60 Å². The van der Waals surface area contributed by atoms with E-state index >= 15 is 0 Å². The number of aliphatic hydroxyl groups is 1. The lowest BCUT2D eigenvalue weighted by molar-refractivity contribution is -0.201. The topological polar surface area (TPSA) is 71.4 Å². The van der Waals surface area contributed by atoms with Crippen molar-refractivity contribution in [2.75, 3.05) is 0 Å². The molecule has 4 saturated carbocycles. The highest BCUT2D eigenvalue weighted by Crippen LogP contribution is 2.76. The highest BCUT2D eigenvalue weighted by atomic mass is 16.3. The molecule has 0 aliphatic heterocycles. The summed E-state index contributed by atoms with van der Waals surface area (Å²) in [5, 5.41) is 11.6. The number of ketones is 3. The molecule has 0 saturated heterocycles. The molecule has 24 heavy (non-hydrogen) atoms. The molecule has 1 N–H and O–H groups in total. The van der Waals surface area contributed by atoms with Crippen LogP contribution < -0.4 is 0 Å². The highest BCUT2D eigenvalue weighted by molar-refractivity contribution is 6.50. The Morgan fingerprint density at radius 1 is 1.12 bits per heavy atom. The normalized spacial score (nSPS) is 55.7. The van der Waals surface area contributed by atoms with Gasteiger partial charge in [0.15, 0.2) is 5.78 Å². The molecule has 0 radical (unpaired) electrons. The largest absolute Gasteiger partial charge is 0.380 e. The summed E-state index contributed by atoms with van der Waals surface area (Å²) in [5.74, 6) is -2.20. The fraction of sp³-hybridized carbons (Fsp3) is 0.750. The third kappa shape index (κ3) is 1.24. The second kappa shape index (κ2) is 4.27. The zero-order valence-corrected chi connectivity index (χ0v) is 14.9. The molecule has 0 aromatic rings. The van der Waals surface area contributed by atoms with E-state index in [1.165, 1.54) is 0 Å². The van der Waals surface area contributed by atoms with Gasteiger partial charge in [0.2, 0.25) is 11.6 Å². The number of fused-ring (bicyclic) bond motifs is 1. The van der Waals surface area contributed by atoms with Crippen molar-refractivity contribution in [1.29, 1.82) is 0 Å². The Labute approximate surface area is 142 Å². The average Bonchev–Trinajstić information content (AvgIpc) is 2.88. The molecular formula is C20H26O4. The third-order valence-corrected chi connectivity index (χ3v) is 8.16. The first-order chi connectivity index (χ1) is 11.1. The van der Waals surface area contributed by atoms with Gasteiger partial charge in [0.25, 0.3) is 0 Å². The van der Waals surface area contributed by atoms with Gasteiger partial charge in [-0.05, 0) is 56.8 Å². The Morgan fingerprint density at radius 3 is 2.33 bits per heavy atom. The van der Waals surface area contributed by atoms with Crippen LogP contribution in [0.4, 0.5) is 0 Å². The molecule has 4 fully saturated rings. The number of allylic oxidation sites excluding steroid dienone is 1. The summed E-state index contributed by atoms with van der Waals surface area (Å²) in [6.45, 7) is 11.5. The molecule has 4 aliphatic rings. The monoisotopic (exact) mass is 330 g/mol. The Bertz CT molecular complexity index is 708. The Balaban J connectivity index is 2.10. The number of hydrogen-bond acceptors (Lipinski definition) is 4. The maximum Gasteiger partial charge on any atom is 0.232 e. The summed E-state index contributed by atoms with van der Waals surface area (Å²) >= 11 is 0. The van der Waals surface area contributed by atoms with Crippen LogP contribution in [0, 0.1) is 40.4 Å². The van der Waals surface area contributed by atoms with Gasteiger partial charge in [-0.15, -0.1) is 0 Å². The number of rotatable bonds is 1. The van der Waals surface area contributed by atoms with Crippen molar-refractivity contribution in [3.8, 4) is 0 Å². The van der Waals surface area contributed by atoms with E-state index in [-0.39, 0.29) is 35.4 Å². The lowest BCUT2D eigenvalue weighted by Crippen LogP contribution is -2.73. The van der Waals surface area contributed by atoms with Crippen LogP contribution in [0.5, 0.6) is 0 Å². The molecule has 0 aromatic carbocycles. The predicted octanol–water partition coefficient (Wildman–Crippen LogP) is 2.34. The van der Waals surface area contributed by atoms with E-state index in [2.05, 4.69) is 13.5 Å². The van der Waals surface area contributed by atoms with E-state index in [9.17, 15) is 19.5 Å². The lowest BCUT2D eigenvalue weighted by Gasteiger charge is -2.56. The summed E-state index contributed by atoms with van der Waals surface area (Å²) in [7, 11) is 0. The van der Waals surface area contributed by atoms with Crippen molar-refractivity contribution in [2.45, 2.75) is 52.6 Å². The van der Waals surface area contributed by atoms with Gasteiger partial charge in [-0.2, -0.15) is 0 Å². The average molecular weight is 330 g/mol. The van der Waals surface area contributed by atoms with Crippen LogP contribution in [0.3, 0.4) is 0 Å². The minimum Gasteiger partial charge on any atom is -0.380 e. The second-order valence-corrected chi connectivity index (χ2v) is 9.05. The van der Waals surface area contributed by atoms with Gasteiger partial charge in [0.05, 0.1) is 10.8 Å². The lowest BCUT2D eigenvalue weighted by atomic mass is 9.46. The van der Waals surface area contributed by atoms with Crippen molar-refractivity contribution in [1.82, 2.24) is 0 Å². The molecule has 2 bridgehead atoms. The molecule has 0 unspecified atom stereocenters. The molecule has 4 aliphatic carbocycles. The Kier molecular flexibility index (Phi) is 2.88. The summed E-state index contributed by atoms with van der Waals surface area (Å²) in [6.07, 6.45) is 2.30. The van der Waals surface area contributed by atoms with Crippen LogP contribution in [0.25, 0.3) is 0 Å². The predicted molar refractivity (Wildman–Crippen MR) is 88.0 cm³/mol. The fourth-order valence-corrected chi connectivity index (χ4v) is 7.38. The van der Waals surface area contributed by atoms with Gasteiger partial charge in [-0.25, -0.2) is 0 Å². The maximum absolute atomic E-state index is 13.7. The SMILES string of the molecule is C=C(C)[C@H]1[C@@H]2C[C@H](C)[C@H]3CC[C@H](C)[C@@]4(O)C(=O)C(=O)[C@]1(C)C(=O)[C@@]324. The number of carbonyl (C=O) groups excluding carboxylic acids is 3. The molecule has 1 spiro atoms.